The van der Waals surface area contributed by atoms with E-state index in [2.05, 4.69) is 0 Å². The number of phenolic OH excluding ortho intramolecular Hbond substituents is 3. The first-order valence-electron chi connectivity index (χ1n) is 4.88. The molecule has 0 atom stereocenters. The van der Waals surface area contributed by atoms with Crippen molar-refractivity contribution in [2.24, 2.45) is 0 Å². The highest BCUT2D eigenvalue weighted by molar-refractivity contribution is 5.65. The number of aryl methyl sites for hydroxylation is 1. The van der Waals surface area contributed by atoms with Gasteiger partial charge in [-0.2, -0.15) is 0 Å². The number of carbonyl (C=O) groups is 1. The maximum atomic E-state index is 10.5. The fourth-order valence-corrected chi connectivity index (χ4v) is 1.30. The predicted molar refractivity (Wildman–Crippen MR) is 56.4 cm³/mol. The number of benzene rings is 1. The fraction of sp³-hybridized carbons (Fsp3) is 0.364. The number of ether oxygens (including phenoxy) is 1. The van der Waals surface area contributed by atoms with E-state index in [1.165, 1.54) is 19.1 Å². The normalized spacial score (nSPS) is 10.1. The molecular weight excluding hydrogens is 212 g/mol. The number of hydrogen-bond acceptors (Lipinski definition) is 5. The smallest absolute Gasteiger partial charge is 0.302 e. The lowest BCUT2D eigenvalue weighted by atomic mass is 10.1. The second-order valence-corrected chi connectivity index (χ2v) is 3.43. The molecule has 5 heteroatoms. The van der Waals surface area contributed by atoms with Gasteiger partial charge in [-0.05, 0) is 30.5 Å². The Morgan fingerprint density at radius 2 is 1.81 bits per heavy atom. The monoisotopic (exact) mass is 226 g/mol. The molecule has 0 saturated heterocycles. The van der Waals surface area contributed by atoms with Crippen LogP contribution in [0, 0.1) is 0 Å². The van der Waals surface area contributed by atoms with Crippen LogP contribution in [0.5, 0.6) is 17.2 Å². The molecule has 0 amide bonds. The lowest BCUT2D eigenvalue weighted by Gasteiger charge is -2.06. The fourth-order valence-electron chi connectivity index (χ4n) is 1.30. The van der Waals surface area contributed by atoms with Gasteiger partial charge >= 0.3 is 5.97 Å². The lowest BCUT2D eigenvalue weighted by molar-refractivity contribution is -0.141. The average Bonchev–Trinajstić information content (AvgIpc) is 2.20. The minimum Gasteiger partial charge on any atom is -0.504 e. The molecule has 3 N–H and O–H groups in total. The van der Waals surface area contributed by atoms with Crippen molar-refractivity contribution in [2.75, 3.05) is 6.61 Å². The third-order valence-corrected chi connectivity index (χ3v) is 2.04. The second kappa shape index (κ2) is 5.25. The molecule has 1 aromatic carbocycles. The van der Waals surface area contributed by atoms with Gasteiger partial charge < -0.3 is 20.1 Å². The first-order valence-corrected chi connectivity index (χ1v) is 4.88. The summed E-state index contributed by atoms with van der Waals surface area (Å²) in [7, 11) is 0. The van der Waals surface area contributed by atoms with Crippen LogP contribution >= 0.6 is 0 Å². The van der Waals surface area contributed by atoms with Crippen molar-refractivity contribution >= 4 is 5.97 Å². The summed E-state index contributed by atoms with van der Waals surface area (Å²) in [4.78, 5) is 10.5. The first kappa shape index (κ1) is 12.2. The second-order valence-electron chi connectivity index (χ2n) is 3.43. The Bertz CT molecular complexity index is 363. The molecule has 0 spiro atoms. The van der Waals surface area contributed by atoms with E-state index in [1.54, 1.807) is 0 Å². The van der Waals surface area contributed by atoms with Crippen LogP contribution < -0.4 is 0 Å². The van der Waals surface area contributed by atoms with Gasteiger partial charge in [-0.3, -0.25) is 4.79 Å². The molecule has 0 aromatic heterocycles. The number of hydrogen-bond donors (Lipinski definition) is 3. The topological polar surface area (TPSA) is 87.0 Å². The Morgan fingerprint density at radius 3 is 2.31 bits per heavy atom. The molecule has 0 bridgehead atoms. The van der Waals surface area contributed by atoms with Crippen LogP contribution in [0.3, 0.4) is 0 Å². The molecule has 1 rings (SSSR count). The van der Waals surface area contributed by atoms with Crippen molar-refractivity contribution in [1.29, 1.82) is 0 Å². The molecule has 0 radical (unpaired) electrons. The molecule has 1 aromatic rings. The number of phenols is 3. The summed E-state index contributed by atoms with van der Waals surface area (Å²) >= 11 is 0. The highest BCUT2D eigenvalue weighted by atomic mass is 16.5. The highest BCUT2D eigenvalue weighted by Crippen LogP contribution is 2.35. The van der Waals surface area contributed by atoms with Gasteiger partial charge in [0.2, 0.25) is 0 Å². The molecule has 0 aliphatic heterocycles. The van der Waals surface area contributed by atoms with Crippen LogP contribution in [-0.2, 0) is 16.0 Å². The number of rotatable bonds is 4. The summed E-state index contributed by atoms with van der Waals surface area (Å²) < 4.78 is 4.73. The van der Waals surface area contributed by atoms with Crippen LogP contribution in [0.15, 0.2) is 12.1 Å². The molecule has 0 saturated carbocycles. The maximum Gasteiger partial charge on any atom is 0.302 e. The Kier molecular flexibility index (Phi) is 3.99. The lowest BCUT2D eigenvalue weighted by Crippen LogP contribution is -2.01. The highest BCUT2D eigenvalue weighted by Gasteiger charge is 2.07. The standard InChI is InChI=1S/C11H14O5/c1-7(12)16-4-2-3-8-5-9(13)11(15)10(14)6-8/h5-6,13-15H,2-4H2,1H3. The van der Waals surface area contributed by atoms with E-state index in [4.69, 9.17) is 9.84 Å². The van der Waals surface area contributed by atoms with Crippen molar-refractivity contribution in [3.05, 3.63) is 17.7 Å². The number of aromatic hydroxyl groups is 3. The molecule has 0 fully saturated rings. The summed E-state index contributed by atoms with van der Waals surface area (Å²) in [6.07, 6.45) is 1.12. The van der Waals surface area contributed by atoms with Crippen molar-refractivity contribution in [3.8, 4) is 17.2 Å². The van der Waals surface area contributed by atoms with Gasteiger partial charge in [0.15, 0.2) is 17.2 Å². The minimum atomic E-state index is -0.524. The number of esters is 1. The van der Waals surface area contributed by atoms with Crippen molar-refractivity contribution in [1.82, 2.24) is 0 Å². The van der Waals surface area contributed by atoms with Gasteiger partial charge in [-0.1, -0.05) is 0 Å². The van der Waals surface area contributed by atoms with Gasteiger partial charge in [0.25, 0.3) is 0 Å². The zero-order valence-corrected chi connectivity index (χ0v) is 8.93. The molecule has 0 heterocycles. The predicted octanol–water partition coefficient (Wildman–Crippen LogP) is 1.30. The zero-order chi connectivity index (χ0) is 12.1. The molecular formula is C11H14O5. The summed E-state index contributed by atoms with van der Waals surface area (Å²) in [5, 5.41) is 27.6. The molecule has 0 unspecified atom stereocenters. The summed E-state index contributed by atoms with van der Waals surface area (Å²) in [5.74, 6) is -1.58. The van der Waals surface area contributed by atoms with E-state index in [9.17, 15) is 15.0 Å². The van der Waals surface area contributed by atoms with Gasteiger partial charge in [-0.25, -0.2) is 0 Å². The van der Waals surface area contributed by atoms with E-state index in [0.717, 1.165) is 0 Å². The molecule has 16 heavy (non-hydrogen) atoms. The van der Waals surface area contributed by atoms with E-state index in [1.807, 2.05) is 0 Å². The third-order valence-electron chi connectivity index (χ3n) is 2.04. The summed E-state index contributed by atoms with van der Waals surface area (Å²) in [6, 6.07) is 2.73. The van der Waals surface area contributed by atoms with E-state index in [0.29, 0.717) is 18.4 Å². The Labute approximate surface area is 92.9 Å². The van der Waals surface area contributed by atoms with Crippen molar-refractivity contribution in [2.45, 2.75) is 19.8 Å². The first-order chi connectivity index (χ1) is 7.50. The molecule has 0 aliphatic rings. The van der Waals surface area contributed by atoms with E-state index < -0.39 is 5.75 Å². The number of carbonyl (C=O) groups excluding carboxylic acids is 1. The van der Waals surface area contributed by atoms with Gasteiger partial charge in [0.1, 0.15) is 0 Å². The SMILES string of the molecule is CC(=O)OCCCc1cc(O)c(O)c(O)c1. The molecule has 88 valence electrons. The van der Waals surface area contributed by atoms with Gasteiger partial charge in [0, 0.05) is 6.92 Å². The largest absolute Gasteiger partial charge is 0.504 e. The Morgan fingerprint density at radius 1 is 1.25 bits per heavy atom. The zero-order valence-electron chi connectivity index (χ0n) is 8.93. The van der Waals surface area contributed by atoms with Crippen LogP contribution in [-0.4, -0.2) is 27.9 Å². The molecule has 0 aliphatic carbocycles. The van der Waals surface area contributed by atoms with Crippen LogP contribution in [0.4, 0.5) is 0 Å². The maximum absolute atomic E-state index is 10.5. The Hall–Kier alpha value is -1.91. The van der Waals surface area contributed by atoms with Crippen LogP contribution in [0.25, 0.3) is 0 Å². The third kappa shape index (κ3) is 3.34. The van der Waals surface area contributed by atoms with Crippen LogP contribution in [0.1, 0.15) is 18.9 Å². The van der Waals surface area contributed by atoms with E-state index >= 15 is 0 Å². The average molecular weight is 226 g/mol. The van der Waals surface area contributed by atoms with Crippen LogP contribution in [0.2, 0.25) is 0 Å². The minimum absolute atomic E-state index is 0.289. The van der Waals surface area contributed by atoms with Gasteiger partial charge in [0.05, 0.1) is 6.61 Å². The van der Waals surface area contributed by atoms with Crippen molar-refractivity contribution in [3.63, 3.8) is 0 Å². The van der Waals surface area contributed by atoms with Crippen molar-refractivity contribution < 1.29 is 24.9 Å². The quantitative estimate of drug-likeness (QED) is 0.409. The van der Waals surface area contributed by atoms with Gasteiger partial charge in [-0.15, -0.1) is 0 Å². The summed E-state index contributed by atoms with van der Waals surface area (Å²) in [6.45, 7) is 1.62. The molecule has 5 nitrogen and oxygen atoms in total. The summed E-state index contributed by atoms with van der Waals surface area (Å²) in [5.41, 5.74) is 0.667. The van der Waals surface area contributed by atoms with E-state index in [-0.39, 0.29) is 24.1 Å². The Balaban J connectivity index is 2.52.